The second-order valence-electron chi connectivity index (χ2n) is 5.41. The molecule has 5 N–H and O–H groups in total. The number of hydrogen-bond acceptors (Lipinski definition) is 5. The average molecular weight is 362 g/mol. The highest BCUT2D eigenvalue weighted by Gasteiger charge is 2.32. The Bertz CT molecular complexity index is 782. The van der Waals surface area contributed by atoms with Crippen LogP contribution in [0, 0.1) is 0 Å². The number of aliphatic hydroxyl groups is 1. The summed E-state index contributed by atoms with van der Waals surface area (Å²) >= 11 is 0. The maximum atomic E-state index is 12.6. The van der Waals surface area contributed by atoms with Gasteiger partial charge in [-0.05, 0) is 23.8 Å². The molecule has 8 heteroatoms. The van der Waals surface area contributed by atoms with Crippen molar-refractivity contribution in [3.05, 3.63) is 65.7 Å². The van der Waals surface area contributed by atoms with Crippen LogP contribution in [0.15, 0.2) is 54.6 Å². The first kappa shape index (κ1) is 18.9. The van der Waals surface area contributed by atoms with Crippen molar-refractivity contribution >= 4 is 25.4 Å². The number of aromatic carboxylic acids is 1. The molecule has 1 amide bonds. The van der Waals surface area contributed by atoms with Gasteiger partial charge in [-0.1, -0.05) is 36.4 Å². The van der Waals surface area contributed by atoms with Crippen LogP contribution in [0.5, 0.6) is 0 Å². The molecule has 3 atom stereocenters. The number of nitrogens with one attached hydrogen (secondary N) is 1. The quantitative estimate of drug-likeness (QED) is 0.557. The van der Waals surface area contributed by atoms with Crippen LogP contribution in [-0.4, -0.2) is 34.1 Å². The van der Waals surface area contributed by atoms with Crippen molar-refractivity contribution in [1.82, 2.24) is 0 Å². The van der Waals surface area contributed by atoms with Crippen LogP contribution in [0.25, 0.3) is 0 Å². The van der Waals surface area contributed by atoms with Crippen LogP contribution < -0.4 is 11.1 Å². The number of nitrogens with two attached hydrogens (primary N) is 1. The Morgan fingerprint density at radius 2 is 1.80 bits per heavy atom. The second-order valence-corrected chi connectivity index (χ2v) is 7.28. The maximum absolute atomic E-state index is 12.6. The third kappa shape index (κ3) is 4.76. The summed E-state index contributed by atoms with van der Waals surface area (Å²) in [5.74, 6) is -1.76. The molecule has 2 aromatic rings. The summed E-state index contributed by atoms with van der Waals surface area (Å²) in [6.07, 6.45) is -0.640. The molecule has 132 valence electrons. The number of anilines is 1. The van der Waals surface area contributed by atoms with Crippen LogP contribution in [0.1, 0.15) is 22.0 Å². The molecule has 0 spiro atoms. The molecule has 2 rings (SSSR count). The Balaban J connectivity index is 2.26. The van der Waals surface area contributed by atoms with Gasteiger partial charge in [0.15, 0.2) is 0 Å². The molecule has 0 saturated carbocycles. The van der Waals surface area contributed by atoms with Gasteiger partial charge in [-0.15, -0.1) is 0 Å². The standard InChI is InChI=1S/C17H19N2O5P/c18-14(11-5-2-1-3-6-11)15(25(24)10-20)16(21)19-13-8-4-7-12(9-13)17(22)23/h1-9,14-15,20,25H,10,18H2,(H,19,21)(H,22,23)/t14?,15-/m0/s1. The highest BCUT2D eigenvalue weighted by atomic mass is 31.1. The smallest absolute Gasteiger partial charge is 0.335 e. The molecule has 2 aromatic carbocycles. The highest BCUT2D eigenvalue weighted by Crippen LogP contribution is 2.35. The Labute approximate surface area is 145 Å². The van der Waals surface area contributed by atoms with Crippen LogP contribution in [0.3, 0.4) is 0 Å². The van der Waals surface area contributed by atoms with E-state index in [1.807, 2.05) is 0 Å². The molecule has 0 aromatic heterocycles. The molecular formula is C17H19N2O5P. The van der Waals surface area contributed by atoms with E-state index in [1.54, 1.807) is 30.3 Å². The number of hydrogen-bond donors (Lipinski definition) is 4. The molecule has 7 nitrogen and oxygen atoms in total. The fraction of sp³-hybridized carbons (Fsp3) is 0.176. The fourth-order valence-corrected chi connectivity index (χ4v) is 3.58. The minimum absolute atomic E-state index is 0.0107. The van der Waals surface area contributed by atoms with E-state index in [-0.39, 0.29) is 11.3 Å². The Morgan fingerprint density at radius 3 is 2.40 bits per heavy atom. The van der Waals surface area contributed by atoms with Gasteiger partial charge >= 0.3 is 5.97 Å². The molecule has 0 fully saturated rings. The number of amides is 1. The molecule has 0 heterocycles. The van der Waals surface area contributed by atoms with Crippen LogP contribution in [0.4, 0.5) is 5.69 Å². The lowest BCUT2D eigenvalue weighted by Gasteiger charge is -2.22. The summed E-state index contributed by atoms with van der Waals surface area (Å²) in [4.78, 5) is 23.6. The summed E-state index contributed by atoms with van der Waals surface area (Å²) in [5, 5.41) is 20.8. The Hall–Kier alpha value is -2.47. The molecule has 0 saturated heterocycles. The van der Waals surface area contributed by atoms with E-state index in [0.717, 1.165) is 0 Å². The van der Waals surface area contributed by atoms with E-state index < -0.39 is 37.7 Å². The number of carbonyl (C=O) groups excluding carboxylic acids is 1. The summed E-state index contributed by atoms with van der Waals surface area (Å²) < 4.78 is 12.2. The van der Waals surface area contributed by atoms with Gasteiger partial charge in [-0.3, -0.25) is 4.79 Å². The number of carbonyl (C=O) groups is 2. The van der Waals surface area contributed by atoms with Crippen molar-refractivity contribution in [2.45, 2.75) is 11.7 Å². The number of aliphatic hydroxyl groups excluding tert-OH is 1. The number of carboxylic acid groups (broad SMARTS) is 1. The zero-order valence-corrected chi connectivity index (χ0v) is 14.3. The lowest BCUT2D eigenvalue weighted by atomic mass is 10.0. The molecule has 2 unspecified atom stereocenters. The van der Waals surface area contributed by atoms with E-state index >= 15 is 0 Å². The highest BCUT2D eigenvalue weighted by molar-refractivity contribution is 7.46. The third-order valence-corrected chi connectivity index (χ3v) is 5.33. The minimum atomic E-state index is -2.71. The van der Waals surface area contributed by atoms with Gasteiger partial charge in [-0.25, -0.2) is 4.79 Å². The fourth-order valence-electron chi connectivity index (χ4n) is 2.43. The van der Waals surface area contributed by atoms with Gasteiger partial charge in [0.05, 0.1) is 11.9 Å². The second kappa shape index (κ2) is 8.58. The number of rotatable bonds is 7. The van der Waals surface area contributed by atoms with E-state index in [4.69, 9.17) is 10.8 Å². The maximum Gasteiger partial charge on any atom is 0.335 e. The average Bonchev–Trinajstić information content (AvgIpc) is 2.62. The lowest BCUT2D eigenvalue weighted by molar-refractivity contribution is -0.116. The molecule has 0 aliphatic carbocycles. The van der Waals surface area contributed by atoms with Gasteiger partial charge in [0, 0.05) is 11.7 Å². The van der Waals surface area contributed by atoms with Crippen molar-refractivity contribution in [2.24, 2.45) is 5.73 Å². The van der Waals surface area contributed by atoms with E-state index in [0.29, 0.717) is 5.56 Å². The zero-order chi connectivity index (χ0) is 18.4. The van der Waals surface area contributed by atoms with Crippen molar-refractivity contribution in [2.75, 3.05) is 11.7 Å². The normalized spacial score (nSPS) is 14.3. The van der Waals surface area contributed by atoms with E-state index in [9.17, 15) is 19.3 Å². The summed E-state index contributed by atoms with van der Waals surface area (Å²) in [6, 6.07) is 13.5. The SMILES string of the molecule is NC(c1ccccc1)[C@@H](C(=O)Nc1cccc(C(=O)O)c1)[PH](=O)CO. The topological polar surface area (TPSA) is 130 Å². The first-order valence-corrected chi connectivity index (χ1v) is 9.21. The molecule has 0 bridgehead atoms. The summed E-state index contributed by atoms with van der Waals surface area (Å²) in [7, 11) is -2.71. The monoisotopic (exact) mass is 362 g/mol. The van der Waals surface area contributed by atoms with E-state index in [2.05, 4.69) is 5.32 Å². The predicted octanol–water partition coefficient (Wildman–Crippen LogP) is 1.90. The van der Waals surface area contributed by atoms with Gasteiger partial charge < -0.3 is 25.8 Å². The molecular weight excluding hydrogens is 343 g/mol. The van der Waals surface area contributed by atoms with E-state index in [1.165, 1.54) is 24.3 Å². The van der Waals surface area contributed by atoms with Crippen LogP contribution in [0.2, 0.25) is 0 Å². The Kier molecular flexibility index (Phi) is 6.47. The largest absolute Gasteiger partial charge is 0.478 e. The zero-order valence-electron chi connectivity index (χ0n) is 13.3. The molecule has 25 heavy (non-hydrogen) atoms. The lowest BCUT2D eigenvalue weighted by Crippen LogP contribution is -2.35. The molecule has 0 radical (unpaired) electrons. The minimum Gasteiger partial charge on any atom is -0.478 e. The Morgan fingerprint density at radius 1 is 1.12 bits per heavy atom. The van der Waals surface area contributed by atoms with Crippen LogP contribution in [-0.2, 0) is 9.36 Å². The van der Waals surface area contributed by atoms with Crippen molar-refractivity contribution in [1.29, 1.82) is 0 Å². The van der Waals surface area contributed by atoms with Gasteiger partial charge in [-0.2, -0.15) is 0 Å². The summed E-state index contributed by atoms with van der Waals surface area (Å²) in [5.41, 5.74) is 5.87. The third-order valence-electron chi connectivity index (χ3n) is 3.71. The number of carboxylic acids is 1. The summed E-state index contributed by atoms with van der Waals surface area (Å²) in [6.45, 7) is 0. The van der Waals surface area contributed by atoms with Crippen LogP contribution >= 0.6 is 7.80 Å². The number of benzene rings is 2. The van der Waals surface area contributed by atoms with Gasteiger partial charge in [0.2, 0.25) is 5.91 Å². The molecule has 0 aliphatic heterocycles. The first-order chi connectivity index (χ1) is 11.9. The van der Waals surface area contributed by atoms with Crippen molar-refractivity contribution in [3.8, 4) is 0 Å². The van der Waals surface area contributed by atoms with Gasteiger partial charge in [0.25, 0.3) is 0 Å². The van der Waals surface area contributed by atoms with Crippen molar-refractivity contribution < 1.29 is 24.4 Å². The van der Waals surface area contributed by atoms with Crippen molar-refractivity contribution in [3.63, 3.8) is 0 Å². The van der Waals surface area contributed by atoms with Gasteiger partial charge in [0.1, 0.15) is 13.5 Å². The predicted molar refractivity (Wildman–Crippen MR) is 95.3 cm³/mol. The molecule has 0 aliphatic rings. The first-order valence-electron chi connectivity index (χ1n) is 7.52.